The van der Waals surface area contributed by atoms with Crippen LogP contribution >= 0.6 is 23.2 Å². The zero-order chi connectivity index (χ0) is 4.28. The molecule has 0 aliphatic carbocycles. The van der Waals surface area contributed by atoms with Crippen LogP contribution in [0.25, 0.3) is 0 Å². The fourth-order valence-electron chi connectivity index (χ4n) is 0. The minimum atomic E-state index is -0.894. The Kier molecular flexibility index (Phi) is 2.99. The molecule has 0 radical (unpaired) electrons. The molecule has 32 valence electrons. The highest BCUT2D eigenvalue weighted by Crippen LogP contribution is 1.96. The average Bonchev–Trinajstić information content (AvgIpc) is 1.38. The second kappa shape index (κ2) is 2.72. The predicted octanol–water partition coefficient (Wildman–Crippen LogP) is 0.638. The maximum Gasteiger partial charge on any atom is 0.225 e. The Morgan fingerprint density at radius 1 is 1.60 bits per heavy atom. The summed E-state index contributed by atoms with van der Waals surface area (Å²) in [5, 5.41) is -0.894. The molecule has 5 heavy (non-hydrogen) atoms. The molecule has 4 heteroatoms. The molecule has 2 nitrogen and oxygen atoms in total. The van der Waals surface area contributed by atoms with Gasteiger partial charge in [0.05, 0.1) is 0 Å². The Balaban J connectivity index is 2.54. The number of halogens is 2. The summed E-state index contributed by atoms with van der Waals surface area (Å²) in [5.74, 6) is 4.41. The van der Waals surface area contributed by atoms with Crippen LogP contribution in [-0.2, 0) is 4.84 Å². The van der Waals surface area contributed by atoms with Crippen molar-refractivity contribution in [3.05, 3.63) is 0 Å². The van der Waals surface area contributed by atoms with Gasteiger partial charge in [0.25, 0.3) is 0 Å². The zero-order valence-corrected chi connectivity index (χ0v) is 3.83. The van der Waals surface area contributed by atoms with Crippen molar-refractivity contribution in [2.24, 2.45) is 5.90 Å². The van der Waals surface area contributed by atoms with E-state index in [0.717, 1.165) is 0 Å². The first-order chi connectivity index (χ1) is 2.27. The van der Waals surface area contributed by atoms with Crippen LogP contribution in [-0.4, -0.2) is 5.02 Å². The summed E-state index contributed by atoms with van der Waals surface area (Å²) in [6, 6.07) is 0. The van der Waals surface area contributed by atoms with E-state index in [2.05, 4.69) is 10.7 Å². The number of nitrogens with two attached hydrogens (primary N) is 1. The first kappa shape index (κ1) is 5.50. The van der Waals surface area contributed by atoms with Gasteiger partial charge in [-0.15, -0.1) is 0 Å². The summed E-state index contributed by atoms with van der Waals surface area (Å²) in [5.41, 5.74) is 0. The molecule has 0 unspecified atom stereocenters. The van der Waals surface area contributed by atoms with Crippen molar-refractivity contribution in [1.82, 2.24) is 0 Å². The standard InChI is InChI=1S/CH3Cl2NO/c2-1(3)5-4/h1H,4H2. The largest absolute Gasteiger partial charge is 0.269 e. The molecule has 0 aromatic carbocycles. The number of rotatable bonds is 1. The second-order valence-electron chi connectivity index (χ2n) is 0.397. The molecule has 0 saturated heterocycles. The van der Waals surface area contributed by atoms with E-state index in [0.29, 0.717) is 0 Å². The van der Waals surface area contributed by atoms with E-state index < -0.39 is 5.02 Å². The normalized spacial score (nSPS) is 9.60. The van der Waals surface area contributed by atoms with Crippen LogP contribution in [0.2, 0.25) is 0 Å². The van der Waals surface area contributed by atoms with Gasteiger partial charge in [0.2, 0.25) is 5.02 Å². The fourth-order valence-corrected chi connectivity index (χ4v) is 0. The summed E-state index contributed by atoms with van der Waals surface area (Å²) in [7, 11) is 0. The lowest BCUT2D eigenvalue weighted by atomic mass is 11.7. The van der Waals surface area contributed by atoms with E-state index in [1.54, 1.807) is 0 Å². The van der Waals surface area contributed by atoms with Crippen molar-refractivity contribution < 1.29 is 4.84 Å². The van der Waals surface area contributed by atoms with Crippen LogP contribution in [0.3, 0.4) is 0 Å². The van der Waals surface area contributed by atoms with E-state index in [1.165, 1.54) is 0 Å². The molecule has 0 aromatic rings. The quantitative estimate of drug-likeness (QED) is 0.403. The molecule has 0 spiro atoms. The third-order valence-corrected chi connectivity index (χ3v) is 0.309. The average molecular weight is 116 g/mol. The molecule has 0 amide bonds. The van der Waals surface area contributed by atoms with Gasteiger partial charge in [-0.2, -0.15) is 0 Å². The van der Waals surface area contributed by atoms with E-state index in [4.69, 9.17) is 23.2 Å². The summed E-state index contributed by atoms with van der Waals surface area (Å²) in [6.07, 6.45) is 0. The molecule has 0 aliphatic rings. The Morgan fingerprint density at radius 2 is 1.80 bits per heavy atom. The Morgan fingerprint density at radius 3 is 1.80 bits per heavy atom. The van der Waals surface area contributed by atoms with Gasteiger partial charge < -0.3 is 0 Å². The van der Waals surface area contributed by atoms with E-state index in [9.17, 15) is 0 Å². The monoisotopic (exact) mass is 115 g/mol. The smallest absolute Gasteiger partial charge is 0.225 e. The molecule has 0 atom stereocenters. The number of hydrogen-bond acceptors (Lipinski definition) is 2. The molecule has 0 aromatic heterocycles. The lowest BCUT2D eigenvalue weighted by Gasteiger charge is -1.88. The lowest BCUT2D eigenvalue weighted by Crippen LogP contribution is -2.01. The van der Waals surface area contributed by atoms with Crippen molar-refractivity contribution in [2.75, 3.05) is 0 Å². The molecule has 0 rings (SSSR count). The molecule has 0 saturated carbocycles. The van der Waals surface area contributed by atoms with Gasteiger partial charge in [0.15, 0.2) is 0 Å². The van der Waals surface area contributed by atoms with Crippen molar-refractivity contribution in [3.8, 4) is 0 Å². The first-order valence-electron chi connectivity index (χ1n) is 0.908. The minimum absolute atomic E-state index is 0.894. The summed E-state index contributed by atoms with van der Waals surface area (Å²) in [6.45, 7) is 0. The third-order valence-electron chi connectivity index (χ3n) is 0.103. The Hall–Kier alpha value is 0.500. The van der Waals surface area contributed by atoms with Crippen molar-refractivity contribution in [2.45, 2.75) is 5.02 Å². The van der Waals surface area contributed by atoms with Gasteiger partial charge >= 0.3 is 0 Å². The Bertz CT molecular complexity index is 23.6. The van der Waals surface area contributed by atoms with Crippen molar-refractivity contribution in [1.29, 1.82) is 0 Å². The molecule has 0 bridgehead atoms. The van der Waals surface area contributed by atoms with Crippen molar-refractivity contribution >= 4 is 23.2 Å². The number of alkyl halides is 2. The van der Waals surface area contributed by atoms with Crippen LogP contribution < -0.4 is 5.90 Å². The van der Waals surface area contributed by atoms with E-state index in [1.807, 2.05) is 0 Å². The van der Waals surface area contributed by atoms with E-state index >= 15 is 0 Å². The second-order valence-corrected chi connectivity index (χ2v) is 1.41. The summed E-state index contributed by atoms with van der Waals surface area (Å²) < 4.78 is 0. The van der Waals surface area contributed by atoms with Crippen LogP contribution in [0, 0.1) is 0 Å². The number of hydrogen-bond donors (Lipinski definition) is 1. The van der Waals surface area contributed by atoms with Crippen LogP contribution in [0.1, 0.15) is 0 Å². The summed E-state index contributed by atoms with van der Waals surface area (Å²) >= 11 is 9.76. The third kappa shape index (κ3) is 4.50. The highest BCUT2D eigenvalue weighted by Gasteiger charge is 1.87. The molecule has 0 fully saturated rings. The molecule has 0 heterocycles. The van der Waals surface area contributed by atoms with Gasteiger partial charge in [0.1, 0.15) is 0 Å². The highest BCUT2D eigenvalue weighted by atomic mass is 35.5. The molecular weight excluding hydrogens is 113 g/mol. The van der Waals surface area contributed by atoms with Gasteiger partial charge in [-0.25, -0.2) is 5.90 Å². The van der Waals surface area contributed by atoms with Crippen molar-refractivity contribution in [3.63, 3.8) is 0 Å². The fraction of sp³-hybridized carbons (Fsp3) is 1.00. The maximum absolute atomic E-state index is 4.88. The summed E-state index contributed by atoms with van der Waals surface area (Å²) in [4.78, 5) is 3.78. The molecular formula is CH3Cl2NO. The van der Waals surface area contributed by atoms with Gasteiger partial charge in [0, 0.05) is 0 Å². The minimum Gasteiger partial charge on any atom is -0.269 e. The zero-order valence-electron chi connectivity index (χ0n) is 2.32. The SMILES string of the molecule is NOC(Cl)Cl. The first-order valence-corrected chi connectivity index (χ1v) is 1.78. The maximum atomic E-state index is 4.88. The molecule has 0 aliphatic heterocycles. The molecule has 2 N–H and O–H groups in total. The topological polar surface area (TPSA) is 35.2 Å². The van der Waals surface area contributed by atoms with Crippen LogP contribution in [0.4, 0.5) is 0 Å². The van der Waals surface area contributed by atoms with Crippen LogP contribution in [0.5, 0.6) is 0 Å². The Labute approximate surface area is 39.8 Å². The highest BCUT2D eigenvalue weighted by molar-refractivity contribution is 6.43. The lowest BCUT2D eigenvalue weighted by molar-refractivity contribution is 0.160. The predicted molar refractivity (Wildman–Crippen MR) is 20.8 cm³/mol. The van der Waals surface area contributed by atoms with E-state index in [-0.39, 0.29) is 0 Å². The van der Waals surface area contributed by atoms with Crippen LogP contribution in [0.15, 0.2) is 0 Å². The van der Waals surface area contributed by atoms with Gasteiger partial charge in [-0.05, 0) is 0 Å². The van der Waals surface area contributed by atoms with Gasteiger partial charge in [-0.1, -0.05) is 23.2 Å². The van der Waals surface area contributed by atoms with Gasteiger partial charge in [-0.3, -0.25) is 4.84 Å².